The molecular weight excluding hydrogens is 529 g/mol. The summed E-state index contributed by atoms with van der Waals surface area (Å²) < 4.78 is 68.3. The maximum absolute atomic E-state index is 13.9. The molecule has 2 aromatic heterocycles. The van der Waals surface area contributed by atoms with E-state index in [1.54, 1.807) is 31.2 Å². The molecule has 0 N–H and O–H groups in total. The van der Waals surface area contributed by atoms with Crippen LogP contribution in [0.15, 0.2) is 80.4 Å². The van der Waals surface area contributed by atoms with E-state index >= 15 is 0 Å². The molecule has 0 saturated carbocycles. The van der Waals surface area contributed by atoms with Gasteiger partial charge in [-0.1, -0.05) is 23.7 Å². The van der Waals surface area contributed by atoms with Crippen molar-refractivity contribution in [1.29, 1.82) is 0 Å². The summed E-state index contributed by atoms with van der Waals surface area (Å²) in [5.74, 6) is -3.89. The van der Waals surface area contributed by atoms with E-state index in [4.69, 9.17) is 34.6 Å². The van der Waals surface area contributed by atoms with Gasteiger partial charge in [0.05, 0.1) is 12.0 Å². The third-order valence-electron chi connectivity index (χ3n) is 5.33. The molecule has 5 rings (SSSR count). The van der Waals surface area contributed by atoms with Crippen LogP contribution in [0.3, 0.4) is 0 Å². The Balaban J connectivity index is 1.52. The van der Waals surface area contributed by atoms with Crippen LogP contribution in [-0.4, -0.2) is 12.6 Å². The first-order valence-electron chi connectivity index (χ1n) is 11.1. The Morgan fingerprint density at radius 1 is 0.947 bits per heavy atom. The van der Waals surface area contributed by atoms with E-state index in [0.29, 0.717) is 16.0 Å². The summed E-state index contributed by atoms with van der Waals surface area (Å²) in [5, 5.41) is 0.773. The zero-order chi connectivity index (χ0) is 27.0. The molecule has 0 aliphatic rings. The minimum atomic E-state index is -5.08. The Kier molecular flexibility index (Phi) is 6.50. The average Bonchev–Trinajstić information content (AvgIpc) is 3.29. The van der Waals surface area contributed by atoms with E-state index in [2.05, 4.69) is 0 Å². The average molecular weight is 545 g/mol. The first kappa shape index (κ1) is 25.2. The van der Waals surface area contributed by atoms with E-state index in [0.717, 1.165) is 6.07 Å². The van der Waals surface area contributed by atoms with Gasteiger partial charge in [0.15, 0.2) is 11.5 Å². The van der Waals surface area contributed by atoms with Gasteiger partial charge in [-0.25, -0.2) is 4.79 Å². The molecule has 38 heavy (non-hydrogen) atoms. The van der Waals surface area contributed by atoms with Crippen molar-refractivity contribution in [3.63, 3.8) is 0 Å². The number of halogens is 4. The summed E-state index contributed by atoms with van der Waals surface area (Å²) in [6.07, 6.45) is -5.08. The molecule has 5 aromatic rings. The molecule has 0 aliphatic heterocycles. The lowest BCUT2D eigenvalue weighted by Gasteiger charge is -2.15. The number of furan rings is 1. The minimum absolute atomic E-state index is 0.0934. The van der Waals surface area contributed by atoms with Crippen LogP contribution in [0.2, 0.25) is 5.02 Å². The topological polar surface area (TPSA) is 88.1 Å². The first-order chi connectivity index (χ1) is 18.1. The fourth-order valence-corrected chi connectivity index (χ4v) is 3.87. The van der Waals surface area contributed by atoms with Crippen LogP contribution < -0.4 is 19.6 Å². The van der Waals surface area contributed by atoms with Crippen molar-refractivity contribution >= 4 is 39.5 Å². The second-order valence-corrected chi connectivity index (χ2v) is 8.35. The highest BCUT2D eigenvalue weighted by molar-refractivity contribution is 6.31. The number of para-hydroxylation sites is 2. The van der Waals surface area contributed by atoms with Crippen molar-refractivity contribution in [2.24, 2.45) is 0 Å². The molecule has 0 bridgehead atoms. The number of hydrogen-bond donors (Lipinski definition) is 0. The van der Waals surface area contributed by atoms with Gasteiger partial charge in [-0.2, -0.15) is 13.2 Å². The van der Waals surface area contributed by atoms with Gasteiger partial charge in [0.1, 0.15) is 16.9 Å². The number of ether oxygens (including phenoxy) is 3. The summed E-state index contributed by atoms with van der Waals surface area (Å²) >= 11 is 5.94. The first-order valence-corrected chi connectivity index (χ1v) is 11.5. The lowest BCUT2D eigenvalue weighted by molar-refractivity contribution is -0.154. The van der Waals surface area contributed by atoms with Gasteiger partial charge in [0.25, 0.3) is 5.76 Å². The second kappa shape index (κ2) is 9.79. The van der Waals surface area contributed by atoms with Gasteiger partial charge >= 0.3 is 12.1 Å². The Hall–Kier alpha value is -4.44. The normalized spacial score (nSPS) is 11.6. The van der Waals surface area contributed by atoms with E-state index < -0.39 is 34.7 Å². The Morgan fingerprint density at radius 2 is 1.71 bits per heavy atom. The number of esters is 1. The summed E-state index contributed by atoms with van der Waals surface area (Å²) in [5.41, 5.74) is -1.15. The van der Waals surface area contributed by atoms with E-state index in [1.165, 1.54) is 36.4 Å². The highest BCUT2D eigenvalue weighted by Crippen LogP contribution is 2.40. The highest BCUT2D eigenvalue weighted by atomic mass is 35.5. The Labute approximate surface area is 216 Å². The van der Waals surface area contributed by atoms with Gasteiger partial charge in [0.2, 0.25) is 16.9 Å². The van der Waals surface area contributed by atoms with Gasteiger partial charge in [-0.3, -0.25) is 4.79 Å². The van der Waals surface area contributed by atoms with Crippen LogP contribution in [0.4, 0.5) is 13.2 Å². The predicted octanol–water partition coefficient (Wildman–Crippen LogP) is 7.62. The van der Waals surface area contributed by atoms with Gasteiger partial charge in [0, 0.05) is 16.5 Å². The molecule has 0 radical (unpaired) electrons. The molecule has 11 heteroatoms. The van der Waals surface area contributed by atoms with Crippen molar-refractivity contribution in [3.8, 4) is 23.0 Å². The molecular formula is C27H16ClF3O7. The maximum Gasteiger partial charge on any atom is 0.453 e. The lowest BCUT2D eigenvalue weighted by atomic mass is 10.2. The van der Waals surface area contributed by atoms with Crippen LogP contribution in [0.25, 0.3) is 21.9 Å². The van der Waals surface area contributed by atoms with Crippen molar-refractivity contribution in [1.82, 2.24) is 0 Å². The summed E-state index contributed by atoms with van der Waals surface area (Å²) in [4.78, 5) is 25.7. The molecule has 7 nitrogen and oxygen atoms in total. The fourth-order valence-electron chi connectivity index (χ4n) is 3.69. The van der Waals surface area contributed by atoms with E-state index in [-0.39, 0.29) is 35.0 Å². The third kappa shape index (κ3) is 4.90. The number of benzene rings is 3. The Bertz CT molecular complexity index is 1740. The molecule has 0 unspecified atom stereocenters. The van der Waals surface area contributed by atoms with Gasteiger partial charge in [-0.05, 0) is 55.5 Å². The predicted molar refractivity (Wildman–Crippen MR) is 131 cm³/mol. The molecule has 2 heterocycles. The smallest absolute Gasteiger partial charge is 0.453 e. The maximum atomic E-state index is 13.9. The zero-order valence-electron chi connectivity index (χ0n) is 19.4. The van der Waals surface area contributed by atoms with Crippen molar-refractivity contribution in [2.45, 2.75) is 13.1 Å². The zero-order valence-corrected chi connectivity index (χ0v) is 20.2. The number of rotatable bonds is 6. The molecule has 0 atom stereocenters. The molecule has 0 aliphatic carbocycles. The third-order valence-corrected chi connectivity index (χ3v) is 5.57. The minimum Gasteiger partial charge on any atom is -0.490 e. The number of carbonyl (C=O) groups excluding carboxylic acids is 1. The Morgan fingerprint density at radius 3 is 2.45 bits per heavy atom. The molecule has 0 amide bonds. The second-order valence-electron chi connectivity index (χ2n) is 7.91. The monoisotopic (exact) mass is 544 g/mol. The SMILES string of the molecule is CCOc1ccccc1Oc1c(C(F)(F)F)oc2cc(OC(=O)c3cc4cc(Cl)ccc4o3)ccc2c1=O. The number of carbonyl (C=O) groups is 1. The van der Waals surface area contributed by atoms with E-state index in [9.17, 15) is 22.8 Å². The van der Waals surface area contributed by atoms with E-state index in [1.807, 2.05) is 0 Å². The molecule has 0 spiro atoms. The van der Waals surface area contributed by atoms with Crippen molar-refractivity contribution in [3.05, 3.63) is 93.5 Å². The highest BCUT2D eigenvalue weighted by Gasteiger charge is 2.41. The van der Waals surface area contributed by atoms with Crippen molar-refractivity contribution < 1.29 is 41.0 Å². The largest absolute Gasteiger partial charge is 0.490 e. The number of fused-ring (bicyclic) bond motifs is 2. The standard InChI is InChI=1S/C27H16ClF3O7/c1-2-34-19-5-3-4-6-20(19)37-24-23(32)17-9-8-16(13-21(17)38-25(24)27(29,30)31)35-26(33)22-12-14-11-15(28)7-10-18(14)36-22/h3-13H,2H2,1H3. The molecule has 0 fully saturated rings. The van der Waals surface area contributed by atoms with Crippen LogP contribution in [0.5, 0.6) is 23.0 Å². The summed E-state index contributed by atoms with van der Waals surface area (Å²) in [6.45, 7) is 1.92. The van der Waals surface area contributed by atoms with Crippen LogP contribution >= 0.6 is 11.6 Å². The molecule has 194 valence electrons. The van der Waals surface area contributed by atoms with Gasteiger partial charge < -0.3 is 23.0 Å². The quantitative estimate of drug-likeness (QED) is 0.160. The van der Waals surface area contributed by atoms with Gasteiger partial charge in [-0.15, -0.1) is 0 Å². The molecule has 3 aromatic carbocycles. The fraction of sp³-hybridized carbons (Fsp3) is 0.111. The summed E-state index contributed by atoms with van der Waals surface area (Å²) in [7, 11) is 0. The number of alkyl halides is 3. The van der Waals surface area contributed by atoms with Crippen LogP contribution in [0, 0.1) is 0 Å². The van der Waals surface area contributed by atoms with Crippen molar-refractivity contribution in [2.75, 3.05) is 6.61 Å². The van der Waals surface area contributed by atoms with Crippen LogP contribution in [-0.2, 0) is 6.18 Å². The number of hydrogen-bond acceptors (Lipinski definition) is 7. The lowest BCUT2D eigenvalue weighted by Crippen LogP contribution is -2.16. The summed E-state index contributed by atoms with van der Waals surface area (Å²) in [6, 6.07) is 15.6. The molecule has 0 saturated heterocycles. The van der Waals surface area contributed by atoms with Crippen LogP contribution in [0.1, 0.15) is 23.2 Å².